The van der Waals surface area contributed by atoms with Gasteiger partial charge in [0.1, 0.15) is 0 Å². The number of amides is 1. The summed E-state index contributed by atoms with van der Waals surface area (Å²) >= 11 is 0. The van der Waals surface area contributed by atoms with E-state index in [-0.39, 0.29) is 17.5 Å². The molecule has 1 aromatic rings. The van der Waals surface area contributed by atoms with Gasteiger partial charge in [0.25, 0.3) is 5.91 Å². The molecule has 1 fully saturated rings. The summed E-state index contributed by atoms with van der Waals surface area (Å²) in [6.45, 7) is 6.83. The first-order valence-corrected chi connectivity index (χ1v) is 7.97. The van der Waals surface area contributed by atoms with Crippen LogP contribution in [0.4, 0.5) is 13.2 Å². The maximum absolute atomic E-state index is 12.5. The molecule has 0 spiro atoms. The first-order chi connectivity index (χ1) is 10.8. The van der Waals surface area contributed by atoms with Crippen molar-refractivity contribution in [3.05, 3.63) is 35.4 Å². The summed E-state index contributed by atoms with van der Waals surface area (Å²) in [6.07, 6.45) is -1.98. The second-order valence-electron chi connectivity index (χ2n) is 6.38. The lowest BCUT2D eigenvalue weighted by Gasteiger charge is -2.35. The number of alkyl halides is 3. The van der Waals surface area contributed by atoms with Gasteiger partial charge in [0, 0.05) is 24.7 Å². The summed E-state index contributed by atoms with van der Waals surface area (Å²) in [5, 5.41) is 2.81. The highest BCUT2D eigenvalue weighted by Crippen LogP contribution is 2.29. The van der Waals surface area contributed by atoms with Crippen molar-refractivity contribution in [3.63, 3.8) is 0 Å². The highest BCUT2D eigenvalue weighted by molar-refractivity contribution is 5.94. The Bertz CT molecular complexity index is 528. The van der Waals surface area contributed by atoms with E-state index >= 15 is 0 Å². The number of hydrogen-bond donors (Lipinski definition) is 1. The van der Waals surface area contributed by atoms with Crippen LogP contribution in [0.2, 0.25) is 0 Å². The van der Waals surface area contributed by atoms with E-state index in [9.17, 15) is 18.0 Å². The maximum Gasteiger partial charge on any atom is 0.416 e. The third kappa shape index (κ3) is 4.96. The highest BCUT2D eigenvalue weighted by atomic mass is 19.4. The lowest BCUT2D eigenvalue weighted by molar-refractivity contribution is -0.137. The number of likely N-dealkylation sites (tertiary alicyclic amines) is 1. The van der Waals surface area contributed by atoms with Gasteiger partial charge < -0.3 is 5.32 Å². The minimum absolute atomic E-state index is 0.219. The molecule has 23 heavy (non-hydrogen) atoms. The van der Waals surface area contributed by atoms with Crippen LogP contribution >= 0.6 is 0 Å². The van der Waals surface area contributed by atoms with Crippen LogP contribution in [0.25, 0.3) is 0 Å². The number of rotatable bonds is 4. The molecule has 0 bridgehead atoms. The summed E-state index contributed by atoms with van der Waals surface area (Å²) < 4.78 is 37.5. The van der Waals surface area contributed by atoms with Crippen LogP contribution in [0.1, 0.15) is 42.6 Å². The Balaban J connectivity index is 1.87. The molecule has 1 heterocycles. The Morgan fingerprint density at radius 3 is 2.57 bits per heavy atom. The Hall–Kier alpha value is -1.56. The summed E-state index contributed by atoms with van der Waals surface area (Å²) in [6, 6.07) is 4.52. The molecule has 1 aromatic carbocycles. The molecule has 0 saturated carbocycles. The van der Waals surface area contributed by atoms with Crippen LogP contribution in [0, 0.1) is 5.92 Å². The molecule has 2 atom stereocenters. The van der Waals surface area contributed by atoms with Crippen molar-refractivity contribution < 1.29 is 18.0 Å². The molecule has 2 rings (SSSR count). The summed E-state index contributed by atoms with van der Waals surface area (Å²) in [5.41, 5.74) is -0.498. The number of carbonyl (C=O) groups is 1. The number of halogens is 3. The minimum Gasteiger partial charge on any atom is -0.350 e. The molecule has 0 aliphatic carbocycles. The van der Waals surface area contributed by atoms with E-state index < -0.39 is 11.7 Å². The highest BCUT2D eigenvalue weighted by Gasteiger charge is 2.30. The van der Waals surface area contributed by atoms with Crippen molar-refractivity contribution in [2.45, 2.75) is 38.9 Å². The number of hydrogen-bond acceptors (Lipinski definition) is 2. The zero-order valence-corrected chi connectivity index (χ0v) is 13.5. The fraction of sp³-hybridized carbons (Fsp3) is 0.588. The van der Waals surface area contributed by atoms with Crippen molar-refractivity contribution >= 4 is 5.91 Å². The van der Waals surface area contributed by atoms with Crippen LogP contribution in [0.5, 0.6) is 0 Å². The van der Waals surface area contributed by atoms with E-state index in [1.807, 2.05) is 0 Å². The Labute approximate surface area is 134 Å². The average Bonchev–Trinajstić information content (AvgIpc) is 2.51. The second-order valence-corrected chi connectivity index (χ2v) is 6.38. The first-order valence-electron chi connectivity index (χ1n) is 7.97. The van der Waals surface area contributed by atoms with E-state index in [0.717, 1.165) is 25.2 Å². The Kier molecular flexibility index (Phi) is 5.68. The Morgan fingerprint density at radius 1 is 1.35 bits per heavy atom. The van der Waals surface area contributed by atoms with Gasteiger partial charge in [-0.05, 0) is 56.5 Å². The van der Waals surface area contributed by atoms with Crippen LogP contribution in [0.15, 0.2) is 24.3 Å². The third-order valence-electron chi connectivity index (χ3n) is 4.34. The van der Waals surface area contributed by atoms with Crippen LogP contribution in [-0.2, 0) is 6.18 Å². The van der Waals surface area contributed by atoms with Crippen molar-refractivity contribution in [1.29, 1.82) is 0 Å². The van der Waals surface area contributed by atoms with E-state index in [1.54, 1.807) is 0 Å². The molecule has 1 aliphatic rings. The summed E-state index contributed by atoms with van der Waals surface area (Å²) in [7, 11) is 0. The number of carbonyl (C=O) groups excluding carboxylic acids is 1. The fourth-order valence-corrected chi connectivity index (χ4v) is 2.91. The van der Waals surface area contributed by atoms with Crippen molar-refractivity contribution in [3.8, 4) is 0 Å². The maximum atomic E-state index is 12.5. The van der Waals surface area contributed by atoms with Crippen LogP contribution in [-0.4, -0.2) is 36.5 Å². The molecule has 0 radical (unpaired) electrons. The topological polar surface area (TPSA) is 32.3 Å². The Morgan fingerprint density at radius 2 is 2.00 bits per heavy atom. The van der Waals surface area contributed by atoms with Gasteiger partial charge in [-0.1, -0.05) is 6.92 Å². The second kappa shape index (κ2) is 7.34. The van der Waals surface area contributed by atoms with E-state index in [2.05, 4.69) is 24.1 Å². The molecular formula is C17H23F3N2O. The average molecular weight is 328 g/mol. The molecule has 1 aliphatic heterocycles. The van der Waals surface area contributed by atoms with E-state index in [0.29, 0.717) is 12.5 Å². The quantitative estimate of drug-likeness (QED) is 0.917. The van der Waals surface area contributed by atoms with Gasteiger partial charge in [0.05, 0.1) is 5.56 Å². The van der Waals surface area contributed by atoms with Gasteiger partial charge in [-0.15, -0.1) is 0 Å². The van der Waals surface area contributed by atoms with Crippen LogP contribution in [0.3, 0.4) is 0 Å². The molecule has 0 aromatic heterocycles. The normalized spacial score (nSPS) is 21.0. The van der Waals surface area contributed by atoms with Gasteiger partial charge in [0.2, 0.25) is 0 Å². The largest absolute Gasteiger partial charge is 0.416 e. The number of benzene rings is 1. The number of nitrogens with one attached hydrogen (secondary N) is 1. The number of nitrogens with zero attached hydrogens (tertiary/aromatic N) is 1. The molecule has 0 unspecified atom stereocenters. The van der Waals surface area contributed by atoms with Gasteiger partial charge >= 0.3 is 6.18 Å². The summed E-state index contributed by atoms with van der Waals surface area (Å²) in [4.78, 5) is 14.4. The number of piperidine rings is 1. The standard InChI is InChI=1S/C17H23F3N2O/c1-12-4-3-9-22(11-12)13(2)10-21-16(23)14-5-7-15(8-6-14)17(18,19)20/h5-8,12-13H,3-4,9-11H2,1-2H3,(H,21,23)/t12-,13+/m1/s1. The lowest BCUT2D eigenvalue weighted by Crippen LogP contribution is -2.46. The lowest BCUT2D eigenvalue weighted by atomic mass is 9.99. The van der Waals surface area contributed by atoms with Crippen molar-refractivity contribution in [2.75, 3.05) is 19.6 Å². The molecule has 6 heteroatoms. The van der Waals surface area contributed by atoms with E-state index in [1.165, 1.54) is 25.0 Å². The molecule has 3 nitrogen and oxygen atoms in total. The molecular weight excluding hydrogens is 305 g/mol. The molecule has 128 valence electrons. The van der Waals surface area contributed by atoms with Gasteiger partial charge in [-0.2, -0.15) is 13.2 Å². The van der Waals surface area contributed by atoms with Gasteiger partial charge in [0.15, 0.2) is 0 Å². The van der Waals surface area contributed by atoms with E-state index in [4.69, 9.17) is 0 Å². The monoisotopic (exact) mass is 328 g/mol. The van der Waals surface area contributed by atoms with Crippen molar-refractivity contribution in [2.24, 2.45) is 5.92 Å². The van der Waals surface area contributed by atoms with Gasteiger partial charge in [-0.3, -0.25) is 9.69 Å². The van der Waals surface area contributed by atoms with Gasteiger partial charge in [-0.25, -0.2) is 0 Å². The minimum atomic E-state index is -4.38. The summed E-state index contributed by atoms with van der Waals surface area (Å²) in [5.74, 6) is 0.326. The predicted molar refractivity (Wildman–Crippen MR) is 83.2 cm³/mol. The first kappa shape index (κ1) is 17.8. The fourth-order valence-electron chi connectivity index (χ4n) is 2.91. The molecule has 1 amide bonds. The zero-order chi connectivity index (χ0) is 17.0. The molecule has 1 N–H and O–H groups in total. The smallest absolute Gasteiger partial charge is 0.350 e. The predicted octanol–water partition coefficient (Wildman–Crippen LogP) is 3.56. The third-order valence-corrected chi connectivity index (χ3v) is 4.34. The zero-order valence-electron chi connectivity index (χ0n) is 13.5. The molecule has 1 saturated heterocycles. The SMILES string of the molecule is C[C@@H]1CCCN([C@@H](C)CNC(=O)c2ccc(C(F)(F)F)cc2)C1. The van der Waals surface area contributed by atoms with Crippen molar-refractivity contribution in [1.82, 2.24) is 10.2 Å². The van der Waals surface area contributed by atoms with Crippen LogP contribution < -0.4 is 5.32 Å².